The van der Waals surface area contributed by atoms with Crippen LogP contribution in [-0.4, -0.2) is 33.3 Å². The van der Waals surface area contributed by atoms with Gasteiger partial charge in [0.1, 0.15) is 6.10 Å². The van der Waals surface area contributed by atoms with Crippen LogP contribution in [0.1, 0.15) is 86.1 Å². The van der Waals surface area contributed by atoms with Crippen molar-refractivity contribution in [3.05, 3.63) is 23.8 Å². The summed E-state index contributed by atoms with van der Waals surface area (Å²) in [5.41, 5.74) is 1.62. The number of aryl methyl sites for hydroxylation is 1. The molecule has 0 spiro atoms. The molecule has 1 aromatic carbocycles. The molecule has 0 bridgehead atoms. The molecular weight excluding hydrogens is 432 g/mol. The van der Waals surface area contributed by atoms with Crippen LogP contribution >= 0.6 is 0 Å². The van der Waals surface area contributed by atoms with Crippen LogP contribution in [0.4, 0.5) is 0 Å². The quantitative estimate of drug-likeness (QED) is 0.247. The minimum absolute atomic E-state index is 0.0248. The molecule has 184 valence electrons. The zero-order valence-corrected chi connectivity index (χ0v) is 22.5. The van der Waals surface area contributed by atoms with Gasteiger partial charge in [0.2, 0.25) is 15.1 Å². The van der Waals surface area contributed by atoms with Crippen molar-refractivity contribution in [3.63, 3.8) is 0 Å². The number of benzene rings is 1. The van der Waals surface area contributed by atoms with Crippen molar-refractivity contribution in [1.29, 1.82) is 0 Å². The van der Waals surface area contributed by atoms with E-state index in [-0.39, 0.29) is 34.2 Å². The van der Waals surface area contributed by atoms with E-state index < -0.39 is 8.32 Å². The second-order valence-corrected chi connectivity index (χ2v) is 17.7. The van der Waals surface area contributed by atoms with E-state index in [1.807, 2.05) is 13.0 Å². The second-order valence-electron chi connectivity index (χ2n) is 12.2. The number of carbonyl (C=O) groups excluding carboxylic acids is 1. The van der Waals surface area contributed by atoms with Gasteiger partial charge in [0.15, 0.2) is 11.5 Å². The number of ether oxygens (including phenoxy) is 3. The van der Waals surface area contributed by atoms with E-state index >= 15 is 0 Å². The van der Waals surface area contributed by atoms with E-state index in [0.717, 1.165) is 37.2 Å². The van der Waals surface area contributed by atoms with E-state index in [2.05, 4.69) is 53.7 Å². The van der Waals surface area contributed by atoms with Gasteiger partial charge in [-0.15, -0.1) is 0 Å². The summed E-state index contributed by atoms with van der Waals surface area (Å²) >= 11 is 0. The third-order valence-electron chi connectivity index (χ3n) is 8.06. The summed E-state index contributed by atoms with van der Waals surface area (Å²) in [7, 11) is -2.30. The highest BCUT2D eigenvalue weighted by atomic mass is 28.4. The Kier molecular flexibility index (Phi) is 6.64. The van der Waals surface area contributed by atoms with E-state index in [9.17, 15) is 4.79 Å². The lowest BCUT2D eigenvalue weighted by Gasteiger charge is -2.52. The molecule has 3 aliphatic rings. The number of rotatable bonds is 7. The van der Waals surface area contributed by atoms with E-state index in [1.54, 1.807) is 0 Å². The monoisotopic (exact) mass is 474 g/mol. The van der Waals surface area contributed by atoms with Crippen molar-refractivity contribution in [3.8, 4) is 11.5 Å². The fraction of sp³-hybridized carbons (Fsp3) is 0.741. The topological polar surface area (TPSA) is 54.0 Å². The average molecular weight is 475 g/mol. The summed E-state index contributed by atoms with van der Waals surface area (Å²) in [4.78, 5) is 12.9. The Morgan fingerprint density at radius 1 is 0.939 bits per heavy atom. The molecular formula is C27H42O5Si. The number of esters is 1. The van der Waals surface area contributed by atoms with E-state index in [0.29, 0.717) is 12.3 Å². The summed E-state index contributed by atoms with van der Waals surface area (Å²) in [6.07, 6.45) is 6.59. The Balaban J connectivity index is 1.38. The molecule has 4 atom stereocenters. The van der Waals surface area contributed by atoms with Gasteiger partial charge < -0.3 is 18.6 Å². The highest BCUT2D eigenvalue weighted by Gasteiger charge is 2.71. The normalized spacial score (nSPS) is 28.2. The molecule has 33 heavy (non-hydrogen) atoms. The zero-order chi connectivity index (χ0) is 24.0. The van der Waals surface area contributed by atoms with Crippen LogP contribution in [0.15, 0.2) is 18.2 Å². The number of carbonyl (C=O) groups is 1. The lowest BCUT2D eigenvalue weighted by atomic mass is 9.94. The van der Waals surface area contributed by atoms with Crippen molar-refractivity contribution >= 4 is 14.3 Å². The molecule has 2 saturated heterocycles. The Bertz CT molecular complexity index is 854. The maximum Gasteiger partial charge on any atom is 0.312 e. The van der Waals surface area contributed by atoms with Gasteiger partial charge in [-0.25, -0.2) is 0 Å². The van der Waals surface area contributed by atoms with Crippen molar-refractivity contribution < 1.29 is 23.4 Å². The third-order valence-corrected chi connectivity index (χ3v) is 14.9. The Hall–Kier alpha value is -1.53. The highest BCUT2D eigenvalue weighted by Crippen LogP contribution is 2.66. The van der Waals surface area contributed by atoms with Crippen molar-refractivity contribution in [2.75, 3.05) is 6.79 Å². The van der Waals surface area contributed by atoms with E-state index in [1.165, 1.54) is 18.4 Å². The first-order chi connectivity index (χ1) is 15.5. The maximum absolute atomic E-state index is 12.9. The molecule has 0 radical (unpaired) electrons. The van der Waals surface area contributed by atoms with Gasteiger partial charge in [0.25, 0.3) is 0 Å². The van der Waals surface area contributed by atoms with Crippen LogP contribution in [-0.2, 0) is 20.4 Å². The molecule has 4 rings (SSSR count). The van der Waals surface area contributed by atoms with Gasteiger partial charge >= 0.3 is 5.97 Å². The number of hydrogen-bond donors (Lipinski definition) is 0. The first-order valence-corrected chi connectivity index (χ1v) is 14.7. The molecule has 2 fully saturated rings. The molecule has 0 aromatic heterocycles. The van der Waals surface area contributed by atoms with Crippen LogP contribution < -0.4 is 9.47 Å². The smallest absolute Gasteiger partial charge is 0.312 e. The van der Waals surface area contributed by atoms with Gasteiger partial charge in [0, 0.05) is 0 Å². The van der Waals surface area contributed by atoms with Crippen molar-refractivity contribution in [2.45, 2.75) is 115 Å². The largest absolute Gasteiger partial charge is 0.460 e. The van der Waals surface area contributed by atoms with Crippen molar-refractivity contribution in [2.24, 2.45) is 5.92 Å². The van der Waals surface area contributed by atoms with Crippen LogP contribution in [0.2, 0.25) is 15.6 Å². The zero-order valence-electron chi connectivity index (χ0n) is 21.5. The first-order valence-electron chi connectivity index (χ1n) is 12.7. The van der Waals surface area contributed by atoms with Gasteiger partial charge in [-0.1, -0.05) is 66.9 Å². The van der Waals surface area contributed by atoms with Gasteiger partial charge in [-0.3, -0.25) is 4.79 Å². The standard InChI is InChI=1S/C27H42O5Si/c1-18-24-23(25(28)31-18)22(33(32-24,26(2,3)4)27(5,6)7)13-11-9-8-10-12-19-14-15-20-21(16-19)30-17-29-20/h14-16,18,22-24H,8-13,17H2,1-7H3/t18-,22+,23-,24-/m0/s1. The first kappa shape index (κ1) is 24.6. The molecule has 0 amide bonds. The fourth-order valence-electron chi connectivity index (χ4n) is 6.99. The summed E-state index contributed by atoms with van der Waals surface area (Å²) in [5.74, 6) is 1.61. The summed E-state index contributed by atoms with van der Waals surface area (Å²) in [6.45, 7) is 16.3. The van der Waals surface area contributed by atoms with Crippen LogP contribution in [0.5, 0.6) is 11.5 Å². The molecule has 5 nitrogen and oxygen atoms in total. The minimum Gasteiger partial charge on any atom is -0.460 e. The summed E-state index contributed by atoms with van der Waals surface area (Å²) in [6, 6.07) is 6.26. The lowest BCUT2D eigenvalue weighted by Crippen LogP contribution is -2.56. The summed E-state index contributed by atoms with van der Waals surface area (Å²) < 4.78 is 23.6. The Morgan fingerprint density at radius 3 is 2.30 bits per heavy atom. The molecule has 3 heterocycles. The molecule has 0 saturated carbocycles. The van der Waals surface area contributed by atoms with Crippen LogP contribution in [0.25, 0.3) is 0 Å². The van der Waals surface area contributed by atoms with Crippen LogP contribution in [0, 0.1) is 5.92 Å². The predicted octanol–water partition coefficient (Wildman–Crippen LogP) is 6.78. The Labute approximate surface area is 200 Å². The fourth-order valence-corrected chi connectivity index (χ4v) is 14.6. The molecule has 1 aromatic rings. The summed E-state index contributed by atoms with van der Waals surface area (Å²) in [5, 5.41) is 0.110. The Morgan fingerprint density at radius 2 is 1.61 bits per heavy atom. The highest BCUT2D eigenvalue weighted by molar-refractivity contribution is 6.81. The maximum atomic E-state index is 12.9. The molecule has 0 aliphatic carbocycles. The average Bonchev–Trinajstić information content (AvgIpc) is 3.38. The van der Waals surface area contributed by atoms with Gasteiger partial charge in [0.05, 0.1) is 12.0 Å². The van der Waals surface area contributed by atoms with E-state index in [4.69, 9.17) is 18.6 Å². The van der Waals surface area contributed by atoms with Crippen molar-refractivity contribution in [1.82, 2.24) is 0 Å². The third kappa shape index (κ3) is 4.34. The lowest BCUT2D eigenvalue weighted by molar-refractivity contribution is -0.144. The van der Waals surface area contributed by atoms with Gasteiger partial charge in [-0.2, -0.15) is 0 Å². The molecule has 3 aliphatic heterocycles. The number of unbranched alkanes of at least 4 members (excludes halogenated alkanes) is 3. The number of fused-ring (bicyclic) bond motifs is 2. The molecule has 0 unspecified atom stereocenters. The van der Waals surface area contributed by atoms with Crippen LogP contribution in [0.3, 0.4) is 0 Å². The van der Waals surface area contributed by atoms with Gasteiger partial charge in [-0.05, 0) is 59.5 Å². The molecule has 0 N–H and O–H groups in total. The SMILES string of the molecule is C[C@@H]1OC(=O)[C@@H]2[C@H]1O[Si](C(C)(C)C)(C(C)(C)C)[C@@H]2CCCCCCc1ccc2c(c1)OCO2. The second kappa shape index (κ2) is 8.92. The minimum atomic E-state index is -2.30. The predicted molar refractivity (Wildman–Crippen MR) is 132 cm³/mol. The number of hydrogen-bond acceptors (Lipinski definition) is 5. The number of cyclic esters (lactones) is 1. The molecule has 6 heteroatoms.